The van der Waals surface area contributed by atoms with Crippen LogP contribution in [0.2, 0.25) is 0 Å². The molecule has 0 saturated heterocycles. The van der Waals surface area contributed by atoms with Gasteiger partial charge in [-0.25, -0.2) is 0 Å². The summed E-state index contributed by atoms with van der Waals surface area (Å²) in [5.41, 5.74) is 3.16. The second-order valence-electron chi connectivity index (χ2n) is 7.41. The van der Waals surface area contributed by atoms with Gasteiger partial charge in [-0.2, -0.15) is 13.2 Å². The van der Waals surface area contributed by atoms with E-state index in [9.17, 15) is 18.0 Å². The van der Waals surface area contributed by atoms with Crippen LogP contribution < -0.4 is 5.32 Å². The minimum Gasteiger partial charge on any atom is -0.322 e. The second-order valence-corrected chi connectivity index (χ2v) is 8.38. The highest BCUT2D eigenvalue weighted by molar-refractivity contribution is 7.10. The normalized spacial score (nSPS) is 14.4. The van der Waals surface area contributed by atoms with E-state index in [0.717, 1.165) is 59.8 Å². The van der Waals surface area contributed by atoms with Crippen LogP contribution in [0.25, 0.3) is 0 Å². The molecule has 8 heteroatoms. The smallest absolute Gasteiger partial charge is 0.322 e. The van der Waals surface area contributed by atoms with Gasteiger partial charge in [0.2, 0.25) is 0 Å². The van der Waals surface area contributed by atoms with Crippen molar-refractivity contribution in [2.24, 2.45) is 0 Å². The molecule has 1 amide bonds. The van der Waals surface area contributed by atoms with Gasteiger partial charge in [0.25, 0.3) is 5.91 Å². The monoisotopic (exact) mass is 431 g/mol. The molecule has 0 radical (unpaired) electrons. The van der Waals surface area contributed by atoms with Crippen molar-refractivity contribution in [3.8, 4) is 0 Å². The van der Waals surface area contributed by atoms with Gasteiger partial charge in [0, 0.05) is 48.0 Å². The number of hydrogen-bond acceptors (Lipinski definition) is 4. The fourth-order valence-electron chi connectivity index (χ4n) is 3.64. The lowest BCUT2D eigenvalue weighted by molar-refractivity contribution is -0.137. The number of hydrogen-bond donors (Lipinski definition) is 1. The van der Waals surface area contributed by atoms with Crippen LogP contribution in [0, 0.1) is 6.92 Å². The predicted octanol–water partition coefficient (Wildman–Crippen LogP) is 5.28. The first kappa shape index (κ1) is 20.6. The largest absolute Gasteiger partial charge is 0.416 e. The van der Waals surface area contributed by atoms with Gasteiger partial charge < -0.3 is 5.32 Å². The van der Waals surface area contributed by atoms with Crippen molar-refractivity contribution in [3.05, 3.63) is 80.8 Å². The molecule has 3 aromatic rings. The van der Waals surface area contributed by atoms with E-state index in [4.69, 9.17) is 0 Å². The van der Waals surface area contributed by atoms with Gasteiger partial charge in [0.1, 0.15) is 0 Å². The van der Waals surface area contributed by atoms with E-state index in [1.54, 1.807) is 5.38 Å². The van der Waals surface area contributed by atoms with Crippen molar-refractivity contribution < 1.29 is 18.0 Å². The summed E-state index contributed by atoms with van der Waals surface area (Å²) in [6, 6.07) is 6.81. The molecule has 0 atom stereocenters. The summed E-state index contributed by atoms with van der Waals surface area (Å²) >= 11 is 1.52. The summed E-state index contributed by atoms with van der Waals surface area (Å²) in [7, 11) is 0. The highest BCUT2D eigenvalue weighted by Crippen LogP contribution is 2.32. The van der Waals surface area contributed by atoms with E-state index in [0.29, 0.717) is 5.56 Å². The highest BCUT2D eigenvalue weighted by atomic mass is 32.1. The zero-order valence-electron chi connectivity index (χ0n) is 16.3. The maximum atomic E-state index is 12.9. The Morgan fingerprint density at radius 1 is 1.27 bits per heavy atom. The van der Waals surface area contributed by atoms with Crippen LogP contribution in [0.15, 0.2) is 48.1 Å². The second kappa shape index (κ2) is 8.20. The summed E-state index contributed by atoms with van der Waals surface area (Å²) < 4.78 is 38.7. The van der Waals surface area contributed by atoms with Crippen molar-refractivity contribution in [1.82, 2.24) is 9.88 Å². The zero-order chi connectivity index (χ0) is 21.3. The molecule has 0 aliphatic carbocycles. The first-order valence-corrected chi connectivity index (χ1v) is 10.4. The molecule has 2 aromatic heterocycles. The Morgan fingerprint density at radius 3 is 2.87 bits per heavy atom. The molecule has 4 rings (SSSR count). The Balaban J connectivity index is 1.45. The fourth-order valence-corrected chi connectivity index (χ4v) is 4.76. The number of pyridine rings is 1. The molecule has 0 saturated carbocycles. The molecule has 1 aliphatic heterocycles. The van der Waals surface area contributed by atoms with Gasteiger partial charge in [-0.15, -0.1) is 11.3 Å². The van der Waals surface area contributed by atoms with Crippen LogP contribution in [0.3, 0.4) is 0 Å². The summed E-state index contributed by atoms with van der Waals surface area (Å²) in [5.74, 6) is -0.372. The third kappa shape index (κ3) is 4.55. The number of carbonyl (C=O) groups excluding carboxylic acids is 1. The number of carbonyl (C=O) groups is 1. The molecule has 0 bridgehead atoms. The van der Waals surface area contributed by atoms with Crippen molar-refractivity contribution in [3.63, 3.8) is 0 Å². The van der Waals surface area contributed by atoms with Gasteiger partial charge in [0.05, 0.1) is 11.1 Å². The van der Waals surface area contributed by atoms with Crippen LogP contribution in [-0.4, -0.2) is 22.3 Å². The number of amides is 1. The Hall–Kier alpha value is -2.71. The Bertz CT molecular complexity index is 1080. The van der Waals surface area contributed by atoms with Crippen LogP contribution >= 0.6 is 11.3 Å². The minimum absolute atomic E-state index is 0.138. The summed E-state index contributed by atoms with van der Waals surface area (Å²) in [4.78, 5) is 20.4. The van der Waals surface area contributed by atoms with Gasteiger partial charge >= 0.3 is 6.18 Å². The molecular weight excluding hydrogens is 411 g/mol. The summed E-state index contributed by atoms with van der Waals surface area (Å²) in [5, 5.41) is 4.41. The predicted molar refractivity (Wildman–Crippen MR) is 111 cm³/mol. The zero-order valence-corrected chi connectivity index (χ0v) is 17.1. The molecule has 4 nitrogen and oxygen atoms in total. The first-order valence-electron chi connectivity index (χ1n) is 9.50. The quantitative estimate of drug-likeness (QED) is 0.611. The molecule has 0 fully saturated rings. The van der Waals surface area contributed by atoms with Crippen molar-refractivity contribution in [2.75, 3.05) is 11.9 Å². The molecular formula is C22H20F3N3OS. The maximum absolute atomic E-state index is 12.9. The molecule has 156 valence electrons. The van der Waals surface area contributed by atoms with E-state index >= 15 is 0 Å². The number of alkyl halides is 3. The summed E-state index contributed by atoms with van der Waals surface area (Å²) in [6.45, 7) is 4.35. The van der Waals surface area contributed by atoms with E-state index in [1.807, 2.05) is 19.3 Å². The fraction of sp³-hybridized carbons (Fsp3) is 0.273. The van der Waals surface area contributed by atoms with Gasteiger partial charge in [-0.1, -0.05) is 12.1 Å². The molecule has 0 unspecified atom stereocenters. The van der Waals surface area contributed by atoms with Gasteiger partial charge in [-0.05, 0) is 48.2 Å². The molecule has 0 spiro atoms. The van der Waals surface area contributed by atoms with Gasteiger partial charge in [0.15, 0.2) is 0 Å². The number of halogens is 3. The topological polar surface area (TPSA) is 45.2 Å². The SMILES string of the molecule is Cc1cncc(CN2CCc3c(C(=O)Nc4cccc(C(F)(F)F)c4)csc3C2)c1. The number of aromatic nitrogens is 1. The number of aryl methyl sites for hydroxylation is 1. The van der Waals surface area contributed by atoms with Gasteiger partial charge in [-0.3, -0.25) is 14.7 Å². The lowest BCUT2D eigenvalue weighted by Crippen LogP contribution is -2.30. The number of fused-ring (bicyclic) bond motifs is 1. The average Bonchev–Trinajstić information content (AvgIpc) is 3.11. The van der Waals surface area contributed by atoms with Crippen molar-refractivity contribution in [1.29, 1.82) is 0 Å². The molecule has 1 aliphatic rings. The van der Waals surface area contributed by atoms with Crippen molar-refractivity contribution in [2.45, 2.75) is 32.6 Å². The van der Waals surface area contributed by atoms with Crippen LogP contribution in [0.1, 0.15) is 37.5 Å². The number of nitrogens with zero attached hydrogens (tertiary/aromatic N) is 2. The van der Waals surface area contributed by atoms with Crippen LogP contribution in [-0.2, 0) is 25.7 Å². The number of thiophene rings is 1. The van der Waals surface area contributed by atoms with E-state index in [1.165, 1.54) is 23.5 Å². The van der Waals surface area contributed by atoms with Crippen LogP contribution in [0.4, 0.5) is 18.9 Å². The third-order valence-corrected chi connectivity index (χ3v) is 6.07. The maximum Gasteiger partial charge on any atom is 0.416 e. The standard InChI is InChI=1S/C22H20F3N3OS/c1-14-7-15(10-26-9-14)11-28-6-5-18-19(13-30-20(18)12-28)21(29)27-17-4-2-3-16(8-17)22(23,24)25/h2-4,7-10,13H,5-6,11-12H2,1H3,(H,27,29). The Labute approximate surface area is 176 Å². The molecule has 3 heterocycles. The molecule has 1 N–H and O–H groups in total. The number of nitrogens with one attached hydrogen (secondary N) is 1. The lowest BCUT2D eigenvalue weighted by Gasteiger charge is -2.27. The summed E-state index contributed by atoms with van der Waals surface area (Å²) in [6.07, 6.45) is -0.0285. The number of rotatable bonds is 4. The van der Waals surface area contributed by atoms with Crippen LogP contribution in [0.5, 0.6) is 0 Å². The number of anilines is 1. The third-order valence-electron chi connectivity index (χ3n) is 5.06. The Morgan fingerprint density at radius 2 is 2.10 bits per heavy atom. The lowest BCUT2D eigenvalue weighted by atomic mass is 10.0. The number of benzene rings is 1. The molecule has 1 aromatic carbocycles. The van der Waals surface area contributed by atoms with E-state index in [-0.39, 0.29) is 11.6 Å². The first-order chi connectivity index (χ1) is 14.3. The minimum atomic E-state index is -4.45. The highest BCUT2D eigenvalue weighted by Gasteiger charge is 2.31. The average molecular weight is 431 g/mol. The van der Waals surface area contributed by atoms with E-state index < -0.39 is 11.7 Å². The Kier molecular flexibility index (Phi) is 5.62. The van der Waals surface area contributed by atoms with E-state index in [2.05, 4.69) is 21.3 Å². The van der Waals surface area contributed by atoms with Crippen molar-refractivity contribution >= 4 is 22.9 Å². The molecule has 30 heavy (non-hydrogen) atoms.